The normalized spacial score (nSPS) is 16.7. The highest BCUT2D eigenvalue weighted by molar-refractivity contribution is 9.10. The molecular formula is C13H16BrNO3. The van der Waals surface area contributed by atoms with Gasteiger partial charge in [-0.25, -0.2) is 4.79 Å². The lowest BCUT2D eigenvalue weighted by Gasteiger charge is -2.23. The zero-order valence-electron chi connectivity index (χ0n) is 9.99. The van der Waals surface area contributed by atoms with Gasteiger partial charge in [0.15, 0.2) is 0 Å². The molecular weight excluding hydrogens is 298 g/mol. The summed E-state index contributed by atoms with van der Waals surface area (Å²) in [5.41, 5.74) is 1.38. The third kappa shape index (κ3) is 3.54. The number of hydrogen-bond acceptors (Lipinski definition) is 3. The number of carboxylic acids is 1. The molecule has 18 heavy (non-hydrogen) atoms. The van der Waals surface area contributed by atoms with Gasteiger partial charge in [0.05, 0.1) is 5.56 Å². The molecule has 1 fully saturated rings. The first-order valence-electron chi connectivity index (χ1n) is 5.99. The topological polar surface area (TPSA) is 58.6 Å². The van der Waals surface area contributed by atoms with E-state index in [4.69, 9.17) is 9.84 Å². The second-order valence-corrected chi connectivity index (χ2v) is 5.23. The predicted octanol–water partition coefficient (Wildman–Crippen LogP) is 2.42. The molecule has 4 nitrogen and oxygen atoms in total. The van der Waals surface area contributed by atoms with Crippen molar-refractivity contribution >= 4 is 21.9 Å². The molecule has 2 N–H and O–H groups in total. The number of carbonyl (C=O) groups is 1. The van der Waals surface area contributed by atoms with Gasteiger partial charge in [-0.3, -0.25) is 0 Å². The van der Waals surface area contributed by atoms with Crippen molar-refractivity contribution < 1.29 is 14.6 Å². The summed E-state index contributed by atoms with van der Waals surface area (Å²) >= 11 is 3.41. The molecule has 0 aliphatic carbocycles. The van der Waals surface area contributed by atoms with Gasteiger partial charge in [0, 0.05) is 30.3 Å². The van der Waals surface area contributed by atoms with Gasteiger partial charge in [-0.1, -0.05) is 22.0 Å². The van der Waals surface area contributed by atoms with Crippen LogP contribution in [0.2, 0.25) is 0 Å². The molecule has 5 heteroatoms. The minimum atomic E-state index is -0.903. The average molecular weight is 314 g/mol. The number of ether oxygens (including phenoxy) is 1. The van der Waals surface area contributed by atoms with Crippen molar-refractivity contribution in [3.8, 4) is 0 Å². The molecule has 1 aliphatic rings. The molecule has 0 atom stereocenters. The molecule has 0 unspecified atom stereocenters. The SMILES string of the molecule is O=C(O)c1ccc(CNC2CCOCC2)c(Br)c1. The van der Waals surface area contributed by atoms with Crippen molar-refractivity contribution in [2.75, 3.05) is 13.2 Å². The summed E-state index contributed by atoms with van der Waals surface area (Å²) < 4.78 is 6.14. The molecule has 1 aromatic carbocycles. The van der Waals surface area contributed by atoms with Gasteiger partial charge in [0.2, 0.25) is 0 Å². The third-order valence-corrected chi connectivity index (χ3v) is 3.84. The summed E-state index contributed by atoms with van der Waals surface area (Å²) in [5, 5.41) is 12.4. The van der Waals surface area contributed by atoms with Gasteiger partial charge in [0.1, 0.15) is 0 Å². The maximum Gasteiger partial charge on any atom is 0.335 e. The Hall–Kier alpha value is -0.910. The van der Waals surface area contributed by atoms with Crippen molar-refractivity contribution in [2.45, 2.75) is 25.4 Å². The van der Waals surface area contributed by atoms with Crippen LogP contribution in [0.5, 0.6) is 0 Å². The van der Waals surface area contributed by atoms with Crippen LogP contribution in [0.1, 0.15) is 28.8 Å². The average Bonchev–Trinajstić information content (AvgIpc) is 2.38. The van der Waals surface area contributed by atoms with E-state index in [0.717, 1.165) is 42.6 Å². The van der Waals surface area contributed by atoms with E-state index in [0.29, 0.717) is 11.6 Å². The lowest BCUT2D eigenvalue weighted by atomic mass is 10.1. The van der Waals surface area contributed by atoms with Crippen molar-refractivity contribution in [3.63, 3.8) is 0 Å². The van der Waals surface area contributed by atoms with Crippen LogP contribution in [0.25, 0.3) is 0 Å². The maximum absolute atomic E-state index is 10.8. The number of aromatic carboxylic acids is 1. The fraction of sp³-hybridized carbons (Fsp3) is 0.462. The lowest BCUT2D eigenvalue weighted by Crippen LogP contribution is -2.34. The molecule has 0 amide bonds. The molecule has 1 aliphatic heterocycles. The molecule has 0 aromatic heterocycles. The van der Waals surface area contributed by atoms with Crippen molar-refractivity contribution in [1.82, 2.24) is 5.32 Å². The van der Waals surface area contributed by atoms with Crippen LogP contribution < -0.4 is 5.32 Å². The second kappa shape index (κ2) is 6.31. The highest BCUT2D eigenvalue weighted by Crippen LogP contribution is 2.19. The zero-order chi connectivity index (χ0) is 13.0. The van der Waals surface area contributed by atoms with Crippen LogP contribution in [0.4, 0.5) is 0 Å². The largest absolute Gasteiger partial charge is 0.478 e. The van der Waals surface area contributed by atoms with Gasteiger partial charge < -0.3 is 15.2 Å². The van der Waals surface area contributed by atoms with E-state index in [-0.39, 0.29) is 0 Å². The molecule has 0 bridgehead atoms. The predicted molar refractivity (Wildman–Crippen MR) is 71.8 cm³/mol. The maximum atomic E-state index is 10.8. The Morgan fingerprint density at radius 1 is 1.44 bits per heavy atom. The summed E-state index contributed by atoms with van der Waals surface area (Å²) in [4.78, 5) is 10.8. The van der Waals surface area contributed by atoms with E-state index < -0.39 is 5.97 Å². The molecule has 1 aromatic rings. The Morgan fingerprint density at radius 2 is 2.17 bits per heavy atom. The van der Waals surface area contributed by atoms with Crippen LogP contribution in [0.15, 0.2) is 22.7 Å². The fourth-order valence-corrected chi connectivity index (χ4v) is 2.50. The van der Waals surface area contributed by atoms with E-state index in [9.17, 15) is 4.79 Å². The first-order chi connectivity index (χ1) is 8.66. The summed E-state index contributed by atoms with van der Waals surface area (Å²) in [6.45, 7) is 2.37. The molecule has 98 valence electrons. The van der Waals surface area contributed by atoms with Crippen LogP contribution in [0, 0.1) is 0 Å². The van der Waals surface area contributed by atoms with E-state index in [1.54, 1.807) is 12.1 Å². The monoisotopic (exact) mass is 313 g/mol. The third-order valence-electron chi connectivity index (χ3n) is 3.10. The van der Waals surface area contributed by atoms with Gasteiger partial charge >= 0.3 is 5.97 Å². The van der Waals surface area contributed by atoms with E-state index in [1.165, 1.54) is 0 Å². The quantitative estimate of drug-likeness (QED) is 0.896. The number of carboxylic acid groups (broad SMARTS) is 1. The van der Waals surface area contributed by atoms with Crippen molar-refractivity contribution in [3.05, 3.63) is 33.8 Å². The number of benzene rings is 1. The summed E-state index contributed by atoms with van der Waals surface area (Å²) in [5.74, 6) is -0.903. The molecule has 1 saturated heterocycles. The Balaban J connectivity index is 1.94. The van der Waals surface area contributed by atoms with E-state index in [1.807, 2.05) is 6.07 Å². The minimum Gasteiger partial charge on any atom is -0.478 e. The fourth-order valence-electron chi connectivity index (χ4n) is 1.98. The van der Waals surface area contributed by atoms with Crippen molar-refractivity contribution in [1.29, 1.82) is 0 Å². The highest BCUT2D eigenvalue weighted by atomic mass is 79.9. The standard InChI is InChI=1S/C13H16BrNO3/c14-12-7-9(13(16)17)1-2-10(12)8-15-11-3-5-18-6-4-11/h1-2,7,11,15H,3-6,8H2,(H,16,17). The number of nitrogens with one attached hydrogen (secondary N) is 1. The molecule has 2 rings (SSSR count). The van der Waals surface area contributed by atoms with Gasteiger partial charge in [-0.15, -0.1) is 0 Å². The first-order valence-corrected chi connectivity index (χ1v) is 6.79. The first kappa shape index (κ1) is 13.5. The molecule has 0 saturated carbocycles. The number of halogens is 1. The lowest BCUT2D eigenvalue weighted by molar-refractivity contribution is 0.0696. The van der Waals surface area contributed by atoms with Gasteiger partial charge in [-0.05, 0) is 30.5 Å². The highest BCUT2D eigenvalue weighted by Gasteiger charge is 2.13. The molecule has 0 radical (unpaired) electrons. The Morgan fingerprint density at radius 3 is 2.78 bits per heavy atom. The number of hydrogen-bond donors (Lipinski definition) is 2. The summed E-state index contributed by atoms with van der Waals surface area (Å²) in [6.07, 6.45) is 2.07. The van der Waals surface area contributed by atoms with Crippen LogP contribution >= 0.6 is 15.9 Å². The molecule has 0 spiro atoms. The number of rotatable bonds is 4. The zero-order valence-corrected chi connectivity index (χ0v) is 11.6. The second-order valence-electron chi connectivity index (χ2n) is 4.38. The van der Waals surface area contributed by atoms with Gasteiger partial charge in [-0.2, -0.15) is 0 Å². The minimum absolute atomic E-state index is 0.302. The molecule has 1 heterocycles. The smallest absolute Gasteiger partial charge is 0.335 e. The Bertz CT molecular complexity index is 430. The summed E-state index contributed by atoms with van der Waals surface area (Å²) in [7, 11) is 0. The van der Waals surface area contributed by atoms with Gasteiger partial charge in [0.25, 0.3) is 0 Å². The summed E-state index contributed by atoms with van der Waals surface area (Å²) in [6, 6.07) is 5.61. The van der Waals surface area contributed by atoms with E-state index in [2.05, 4.69) is 21.2 Å². The van der Waals surface area contributed by atoms with E-state index >= 15 is 0 Å². The van der Waals surface area contributed by atoms with Crippen LogP contribution in [-0.4, -0.2) is 30.3 Å². The van der Waals surface area contributed by atoms with Crippen molar-refractivity contribution in [2.24, 2.45) is 0 Å². The van der Waals surface area contributed by atoms with Crippen LogP contribution in [0.3, 0.4) is 0 Å². The van der Waals surface area contributed by atoms with Crippen LogP contribution in [-0.2, 0) is 11.3 Å². The Labute approximate surface area is 114 Å². The Kier molecular flexibility index (Phi) is 4.74.